The number of aromatic nitrogens is 4. The predicted molar refractivity (Wildman–Crippen MR) is 146 cm³/mol. The molecule has 1 aliphatic rings. The summed E-state index contributed by atoms with van der Waals surface area (Å²) >= 11 is 12.3. The Kier molecular flexibility index (Phi) is 7.58. The van der Waals surface area contributed by atoms with Crippen LogP contribution in [0, 0.1) is 11.3 Å². The molecule has 210 valence electrons. The number of benzene rings is 2. The summed E-state index contributed by atoms with van der Waals surface area (Å²) in [7, 11) is 1.73. The second kappa shape index (κ2) is 10.8. The molecule has 12 heteroatoms. The lowest BCUT2D eigenvalue weighted by atomic mass is 9.98. The molecule has 40 heavy (non-hydrogen) atoms. The molecule has 2 N–H and O–H groups in total. The molecule has 1 atom stereocenters. The Bertz CT molecular complexity index is 1630. The third-order valence-corrected chi connectivity index (χ3v) is 7.77. The summed E-state index contributed by atoms with van der Waals surface area (Å²) in [5.41, 5.74) is 0.885. The number of nitrogens with one attached hydrogen (secondary N) is 2. The van der Waals surface area contributed by atoms with Crippen molar-refractivity contribution in [2.75, 3.05) is 0 Å². The van der Waals surface area contributed by atoms with Crippen LogP contribution in [0.15, 0.2) is 55.0 Å². The van der Waals surface area contributed by atoms with Gasteiger partial charge in [0, 0.05) is 43.3 Å². The number of imidazole rings is 1. The first-order valence-corrected chi connectivity index (χ1v) is 13.5. The molecule has 5 rings (SSSR count). The van der Waals surface area contributed by atoms with Crippen molar-refractivity contribution in [2.45, 2.75) is 45.1 Å². The summed E-state index contributed by atoms with van der Waals surface area (Å²) in [5.74, 6) is -0.208. The van der Waals surface area contributed by atoms with Gasteiger partial charge in [-0.1, -0.05) is 29.3 Å². The van der Waals surface area contributed by atoms with Crippen molar-refractivity contribution in [2.24, 2.45) is 13.0 Å². The van der Waals surface area contributed by atoms with Crippen LogP contribution >= 0.6 is 23.2 Å². The van der Waals surface area contributed by atoms with Crippen molar-refractivity contribution >= 4 is 29.1 Å². The topological polar surface area (TPSA) is 80.6 Å². The summed E-state index contributed by atoms with van der Waals surface area (Å²) in [4.78, 5) is 13.7. The minimum atomic E-state index is -4.68. The Balaban J connectivity index is 1.57. The molecule has 1 fully saturated rings. The summed E-state index contributed by atoms with van der Waals surface area (Å²) < 4.78 is 46.3. The molecular weight excluding hydrogens is 564 g/mol. The average Bonchev–Trinajstić information content (AvgIpc) is 3.57. The Hall–Kier alpha value is -3.50. The zero-order chi connectivity index (χ0) is 28.8. The van der Waals surface area contributed by atoms with E-state index in [1.807, 2.05) is 6.07 Å². The lowest BCUT2D eigenvalue weighted by Gasteiger charge is -2.20. The van der Waals surface area contributed by atoms with Crippen LogP contribution in [0.3, 0.4) is 0 Å². The largest absolute Gasteiger partial charge is 0.435 e. The van der Waals surface area contributed by atoms with Crippen molar-refractivity contribution in [3.63, 3.8) is 0 Å². The maximum absolute atomic E-state index is 14.0. The molecule has 1 amide bonds. The zero-order valence-corrected chi connectivity index (χ0v) is 23.3. The van der Waals surface area contributed by atoms with E-state index in [0.717, 1.165) is 18.4 Å². The first kappa shape index (κ1) is 28.0. The molecule has 7 nitrogen and oxygen atoms in total. The van der Waals surface area contributed by atoms with Gasteiger partial charge in [-0.25, -0.2) is 0 Å². The smallest absolute Gasteiger partial charge is 0.345 e. The maximum Gasteiger partial charge on any atom is 0.435 e. The monoisotopic (exact) mass is 590 g/mol. The Morgan fingerprint density at radius 2 is 1.90 bits per heavy atom. The van der Waals surface area contributed by atoms with Gasteiger partial charge in [0.05, 0.1) is 22.6 Å². The Morgan fingerprint density at radius 3 is 2.50 bits per heavy atom. The lowest BCUT2D eigenvalue weighted by Crippen LogP contribution is -2.30. The minimum Gasteiger partial charge on any atom is -0.345 e. The van der Waals surface area contributed by atoms with Crippen molar-refractivity contribution in [3.8, 4) is 11.1 Å². The van der Waals surface area contributed by atoms with Crippen molar-refractivity contribution in [1.29, 1.82) is 5.41 Å². The van der Waals surface area contributed by atoms with E-state index in [1.165, 1.54) is 16.9 Å². The van der Waals surface area contributed by atoms with Gasteiger partial charge in [0.15, 0.2) is 5.69 Å². The van der Waals surface area contributed by atoms with E-state index in [1.54, 1.807) is 59.8 Å². The van der Waals surface area contributed by atoms with E-state index < -0.39 is 17.8 Å². The SMILES string of the molecule is CCn1cc(-c2cc(Cn3ccn(C)c3=N)cc(C(=O)NC(c3ccc(Cl)c(Cl)c3)C3CC3)c2)c(C(F)(F)F)n1. The molecule has 2 aromatic heterocycles. The number of aryl methyl sites for hydroxylation is 2. The van der Waals surface area contributed by atoms with Crippen LogP contribution in [-0.2, 0) is 26.3 Å². The van der Waals surface area contributed by atoms with Crippen LogP contribution in [0.4, 0.5) is 13.2 Å². The Labute approximate surface area is 238 Å². The van der Waals surface area contributed by atoms with E-state index in [4.69, 9.17) is 28.6 Å². The first-order valence-electron chi connectivity index (χ1n) is 12.8. The van der Waals surface area contributed by atoms with Gasteiger partial charge < -0.3 is 14.5 Å². The standard InChI is InChI=1S/C28H27Cl2F3N6O/c1-3-39-15-21(25(36-39)28(31,32)33)19-10-16(14-38-9-8-37(2)27(38)34)11-20(12-19)26(40)35-24(17-4-5-17)18-6-7-22(29)23(30)13-18/h6-13,15,17,24,34H,3-5,14H2,1-2H3,(H,35,40). The zero-order valence-electron chi connectivity index (χ0n) is 21.8. The maximum atomic E-state index is 14.0. The van der Waals surface area contributed by atoms with Crippen LogP contribution in [0.1, 0.15) is 53.0 Å². The number of alkyl halides is 3. The van der Waals surface area contributed by atoms with Gasteiger partial charge in [0.2, 0.25) is 5.62 Å². The fraction of sp³-hybridized carbons (Fsp3) is 0.321. The molecule has 0 aliphatic heterocycles. The van der Waals surface area contributed by atoms with E-state index in [2.05, 4.69) is 10.4 Å². The molecule has 0 bridgehead atoms. The molecule has 2 heterocycles. The number of carbonyl (C=O) groups is 1. The highest BCUT2D eigenvalue weighted by molar-refractivity contribution is 6.42. The van der Waals surface area contributed by atoms with Crippen LogP contribution in [0.5, 0.6) is 0 Å². The highest BCUT2D eigenvalue weighted by atomic mass is 35.5. The van der Waals surface area contributed by atoms with Crippen LogP contribution in [0.2, 0.25) is 10.0 Å². The molecule has 4 aromatic rings. The molecule has 0 saturated heterocycles. The van der Waals surface area contributed by atoms with E-state index >= 15 is 0 Å². The fourth-order valence-electron chi connectivity index (χ4n) is 4.76. The van der Waals surface area contributed by atoms with E-state index in [0.29, 0.717) is 15.6 Å². The number of hydrogen-bond donors (Lipinski definition) is 2. The highest BCUT2D eigenvalue weighted by Crippen LogP contribution is 2.42. The molecular formula is C28H27Cl2F3N6O. The summed E-state index contributed by atoms with van der Waals surface area (Å²) in [6, 6.07) is 9.61. The molecule has 1 unspecified atom stereocenters. The molecule has 0 spiro atoms. The summed E-state index contributed by atoms with van der Waals surface area (Å²) in [6.45, 7) is 2.15. The van der Waals surface area contributed by atoms with Gasteiger partial charge in [-0.05, 0) is 72.7 Å². The number of hydrogen-bond acceptors (Lipinski definition) is 3. The van der Waals surface area contributed by atoms with Crippen LogP contribution in [-0.4, -0.2) is 24.8 Å². The molecule has 2 aromatic carbocycles. The van der Waals surface area contributed by atoms with Gasteiger partial charge in [-0.15, -0.1) is 0 Å². The number of rotatable bonds is 8. The fourth-order valence-corrected chi connectivity index (χ4v) is 5.06. The van der Waals surface area contributed by atoms with Gasteiger partial charge >= 0.3 is 6.18 Å². The summed E-state index contributed by atoms with van der Waals surface area (Å²) in [6.07, 6.45) is 1.94. The van der Waals surface area contributed by atoms with Gasteiger partial charge in [0.1, 0.15) is 0 Å². The van der Waals surface area contributed by atoms with Crippen LogP contribution < -0.4 is 10.9 Å². The third kappa shape index (κ3) is 5.83. The van der Waals surface area contributed by atoms with E-state index in [9.17, 15) is 18.0 Å². The summed E-state index contributed by atoms with van der Waals surface area (Å²) in [5, 5.41) is 15.9. The third-order valence-electron chi connectivity index (χ3n) is 7.03. The average molecular weight is 591 g/mol. The highest BCUT2D eigenvalue weighted by Gasteiger charge is 2.38. The molecule has 0 radical (unpaired) electrons. The molecule has 1 saturated carbocycles. The lowest BCUT2D eigenvalue weighted by molar-refractivity contribution is -0.141. The Morgan fingerprint density at radius 1 is 1.15 bits per heavy atom. The number of amides is 1. The second-order valence-corrected chi connectivity index (χ2v) is 10.8. The van der Waals surface area contributed by atoms with Crippen LogP contribution in [0.25, 0.3) is 11.1 Å². The quantitative estimate of drug-likeness (QED) is 0.247. The van der Waals surface area contributed by atoms with Gasteiger partial charge in [-0.2, -0.15) is 18.3 Å². The normalized spacial score (nSPS) is 14.4. The van der Waals surface area contributed by atoms with Crippen molar-refractivity contribution in [3.05, 3.63) is 93.0 Å². The number of carbonyl (C=O) groups excluding carboxylic acids is 1. The minimum absolute atomic E-state index is 0.113. The number of halogens is 5. The van der Waals surface area contributed by atoms with Crippen molar-refractivity contribution in [1.82, 2.24) is 24.2 Å². The van der Waals surface area contributed by atoms with E-state index in [-0.39, 0.29) is 47.4 Å². The van der Waals surface area contributed by atoms with Gasteiger partial charge in [0.25, 0.3) is 5.91 Å². The molecule has 1 aliphatic carbocycles. The second-order valence-electron chi connectivity index (χ2n) is 9.99. The number of nitrogens with zero attached hydrogens (tertiary/aromatic N) is 4. The predicted octanol–water partition coefficient (Wildman–Crippen LogP) is 6.44. The van der Waals surface area contributed by atoms with Gasteiger partial charge in [-0.3, -0.25) is 14.9 Å². The van der Waals surface area contributed by atoms with Crippen molar-refractivity contribution < 1.29 is 18.0 Å². The first-order chi connectivity index (χ1) is 18.9.